The monoisotopic (exact) mass is 249 g/mol. The van der Waals surface area contributed by atoms with Crippen LogP contribution in [0, 0.1) is 0 Å². The maximum atomic E-state index is 5.49. The van der Waals surface area contributed by atoms with Gasteiger partial charge in [0.2, 0.25) is 0 Å². The quantitative estimate of drug-likeness (QED) is 0.724. The van der Waals surface area contributed by atoms with Gasteiger partial charge in [-0.2, -0.15) is 5.10 Å². The molecular formula is C13H19N3O2. The molecule has 0 atom stereocenters. The third-order valence-corrected chi connectivity index (χ3v) is 2.70. The van der Waals surface area contributed by atoms with Crippen LogP contribution >= 0.6 is 0 Å². The summed E-state index contributed by atoms with van der Waals surface area (Å²) in [6.45, 7) is 3.06. The Balaban J connectivity index is 1.48. The minimum atomic E-state index is 0.550. The van der Waals surface area contributed by atoms with Crippen LogP contribution in [-0.2, 0) is 24.9 Å². The first kappa shape index (κ1) is 12.9. The molecule has 0 aliphatic heterocycles. The van der Waals surface area contributed by atoms with Crippen molar-refractivity contribution in [2.24, 2.45) is 7.05 Å². The van der Waals surface area contributed by atoms with E-state index in [4.69, 9.17) is 9.15 Å². The van der Waals surface area contributed by atoms with Crippen molar-refractivity contribution in [3.05, 3.63) is 42.1 Å². The molecule has 0 spiro atoms. The Hall–Kier alpha value is -1.59. The van der Waals surface area contributed by atoms with Crippen LogP contribution < -0.4 is 5.32 Å². The lowest BCUT2D eigenvalue weighted by Crippen LogP contribution is -2.18. The molecule has 0 unspecified atom stereocenters. The van der Waals surface area contributed by atoms with Crippen LogP contribution in [0.1, 0.15) is 17.9 Å². The van der Waals surface area contributed by atoms with Crippen LogP contribution in [0.3, 0.4) is 0 Å². The van der Waals surface area contributed by atoms with Crippen molar-refractivity contribution in [1.29, 1.82) is 0 Å². The van der Waals surface area contributed by atoms with Gasteiger partial charge in [-0.15, -0.1) is 0 Å². The first-order valence-electron chi connectivity index (χ1n) is 6.14. The minimum absolute atomic E-state index is 0.550. The Bertz CT molecular complexity index is 437. The molecule has 2 aromatic heterocycles. The molecule has 0 saturated heterocycles. The van der Waals surface area contributed by atoms with Crippen LogP contribution in [-0.4, -0.2) is 22.9 Å². The van der Waals surface area contributed by atoms with E-state index in [-0.39, 0.29) is 0 Å². The molecule has 0 amide bonds. The highest BCUT2D eigenvalue weighted by atomic mass is 16.5. The number of nitrogens with zero attached hydrogens (tertiary/aromatic N) is 2. The molecule has 18 heavy (non-hydrogen) atoms. The summed E-state index contributed by atoms with van der Waals surface area (Å²) in [4.78, 5) is 0. The summed E-state index contributed by atoms with van der Waals surface area (Å²) in [5.74, 6) is 0.873. The number of furan rings is 1. The van der Waals surface area contributed by atoms with Gasteiger partial charge in [0.1, 0.15) is 12.4 Å². The molecule has 2 rings (SSSR count). The third kappa shape index (κ3) is 4.01. The zero-order valence-electron chi connectivity index (χ0n) is 10.6. The normalized spacial score (nSPS) is 10.9. The second-order valence-electron chi connectivity index (χ2n) is 4.11. The number of aryl methyl sites for hydroxylation is 1. The minimum Gasteiger partial charge on any atom is -0.467 e. The summed E-state index contributed by atoms with van der Waals surface area (Å²) in [7, 11) is 1.95. The van der Waals surface area contributed by atoms with Gasteiger partial charge in [0, 0.05) is 26.4 Å². The van der Waals surface area contributed by atoms with E-state index in [1.165, 1.54) is 5.69 Å². The standard InChI is InChI=1S/C13H19N3O2/c1-16-12(5-7-15-16)10-14-6-3-8-17-11-13-4-2-9-18-13/h2,4-5,7,9,14H,3,6,8,10-11H2,1H3. The molecule has 0 aromatic carbocycles. The van der Waals surface area contributed by atoms with Crippen LogP contribution in [0.15, 0.2) is 35.1 Å². The predicted molar refractivity (Wildman–Crippen MR) is 67.9 cm³/mol. The Morgan fingerprint density at radius 3 is 3.11 bits per heavy atom. The zero-order valence-corrected chi connectivity index (χ0v) is 10.6. The molecular weight excluding hydrogens is 230 g/mol. The first-order chi connectivity index (χ1) is 8.86. The van der Waals surface area contributed by atoms with Gasteiger partial charge in [0.05, 0.1) is 12.0 Å². The topological polar surface area (TPSA) is 52.2 Å². The fourth-order valence-electron chi connectivity index (χ4n) is 1.66. The van der Waals surface area contributed by atoms with E-state index in [1.807, 2.05) is 36.1 Å². The summed E-state index contributed by atoms with van der Waals surface area (Å²) in [6.07, 6.45) is 4.45. The number of rotatable bonds is 8. The van der Waals surface area contributed by atoms with Crippen molar-refractivity contribution in [1.82, 2.24) is 15.1 Å². The van der Waals surface area contributed by atoms with Gasteiger partial charge in [-0.1, -0.05) is 0 Å². The van der Waals surface area contributed by atoms with Gasteiger partial charge in [0.15, 0.2) is 0 Å². The van der Waals surface area contributed by atoms with Crippen molar-refractivity contribution < 1.29 is 9.15 Å². The second-order valence-corrected chi connectivity index (χ2v) is 4.11. The Kier molecular flexibility index (Phi) is 4.99. The average molecular weight is 249 g/mol. The lowest BCUT2D eigenvalue weighted by molar-refractivity contribution is 0.104. The molecule has 2 heterocycles. The smallest absolute Gasteiger partial charge is 0.129 e. The van der Waals surface area contributed by atoms with Crippen molar-refractivity contribution in [2.75, 3.05) is 13.2 Å². The summed E-state index contributed by atoms with van der Waals surface area (Å²) >= 11 is 0. The van der Waals surface area contributed by atoms with Crippen molar-refractivity contribution in [3.63, 3.8) is 0 Å². The number of nitrogens with one attached hydrogen (secondary N) is 1. The number of hydrogen-bond donors (Lipinski definition) is 1. The number of aromatic nitrogens is 2. The van der Waals surface area contributed by atoms with Crippen LogP contribution in [0.25, 0.3) is 0 Å². The Morgan fingerprint density at radius 1 is 1.44 bits per heavy atom. The van der Waals surface area contributed by atoms with Crippen molar-refractivity contribution in [2.45, 2.75) is 19.6 Å². The summed E-state index contributed by atoms with van der Waals surface area (Å²) in [5, 5.41) is 7.47. The Labute approximate surface area is 107 Å². The van der Waals surface area contributed by atoms with Crippen LogP contribution in [0.5, 0.6) is 0 Å². The molecule has 0 aliphatic carbocycles. The van der Waals surface area contributed by atoms with E-state index in [2.05, 4.69) is 10.4 Å². The highest BCUT2D eigenvalue weighted by Crippen LogP contribution is 2.01. The SMILES string of the molecule is Cn1nccc1CNCCCOCc1ccco1. The average Bonchev–Trinajstić information content (AvgIpc) is 3.00. The van der Waals surface area contributed by atoms with Gasteiger partial charge < -0.3 is 14.5 Å². The zero-order chi connectivity index (χ0) is 12.6. The maximum absolute atomic E-state index is 5.49. The molecule has 2 aromatic rings. The van der Waals surface area contributed by atoms with Crippen molar-refractivity contribution >= 4 is 0 Å². The fraction of sp³-hybridized carbons (Fsp3) is 0.462. The van der Waals surface area contributed by atoms with Crippen molar-refractivity contribution in [3.8, 4) is 0 Å². The third-order valence-electron chi connectivity index (χ3n) is 2.70. The predicted octanol–water partition coefficient (Wildman–Crippen LogP) is 1.71. The van der Waals surface area contributed by atoms with Gasteiger partial charge in [0.25, 0.3) is 0 Å². The maximum Gasteiger partial charge on any atom is 0.129 e. The number of hydrogen-bond acceptors (Lipinski definition) is 4. The molecule has 0 aliphatic rings. The Morgan fingerprint density at radius 2 is 2.39 bits per heavy atom. The molecule has 98 valence electrons. The van der Waals surface area contributed by atoms with E-state index >= 15 is 0 Å². The van der Waals surface area contributed by atoms with Crippen LogP contribution in [0.4, 0.5) is 0 Å². The molecule has 1 N–H and O–H groups in total. The van der Waals surface area contributed by atoms with E-state index in [0.29, 0.717) is 6.61 Å². The molecule has 0 radical (unpaired) electrons. The number of ether oxygens (including phenoxy) is 1. The van der Waals surface area contributed by atoms with E-state index < -0.39 is 0 Å². The largest absolute Gasteiger partial charge is 0.467 e. The summed E-state index contributed by atoms with van der Waals surface area (Å²) in [6, 6.07) is 5.80. The van der Waals surface area contributed by atoms with E-state index in [1.54, 1.807) is 6.26 Å². The molecule has 5 heteroatoms. The molecule has 5 nitrogen and oxygen atoms in total. The van der Waals surface area contributed by atoms with Gasteiger partial charge in [-0.05, 0) is 31.2 Å². The van der Waals surface area contributed by atoms with Gasteiger partial charge in [-0.25, -0.2) is 0 Å². The molecule has 0 saturated carbocycles. The first-order valence-corrected chi connectivity index (χ1v) is 6.14. The fourth-order valence-corrected chi connectivity index (χ4v) is 1.66. The molecule has 0 fully saturated rings. The lowest BCUT2D eigenvalue weighted by atomic mass is 10.4. The molecule has 0 bridgehead atoms. The van der Waals surface area contributed by atoms with Crippen LogP contribution in [0.2, 0.25) is 0 Å². The highest BCUT2D eigenvalue weighted by molar-refractivity contribution is 4.99. The highest BCUT2D eigenvalue weighted by Gasteiger charge is 1.98. The van der Waals surface area contributed by atoms with E-state index in [0.717, 1.165) is 31.9 Å². The van der Waals surface area contributed by atoms with Gasteiger partial charge >= 0.3 is 0 Å². The van der Waals surface area contributed by atoms with E-state index in [9.17, 15) is 0 Å². The summed E-state index contributed by atoms with van der Waals surface area (Å²) < 4.78 is 12.5. The second kappa shape index (κ2) is 6.98. The lowest BCUT2D eigenvalue weighted by Gasteiger charge is -2.05. The van der Waals surface area contributed by atoms with Gasteiger partial charge in [-0.3, -0.25) is 4.68 Å². The summed E-state index contributed by atoms with van der Waals surface area (Å²) in [5.41, 5.74) is 1.19.